The highest BCUT2D eigenvalue weighted by Gasteiger charge is 2.30. The molecule has 0 amide bonds. The Morgan fingerprint density at radius 2 is 1.79 bits per heavy atom. The second-order valence-electron chi connectivity index (χ2n) is 8.82. The van der Waals surface area contributed by atoms with Crippen molar-refractivity contribution in [1.82, 2.24) is 30.1 Å². The minimum Gasteiger partial charge on any atom is -0.322 e. The van der Waals surface area contributed by atoms with Crippen LogP contribution >= 0.6 is 0 Å². The lowest BCUT2D eigenvalue weighted by Crippen LogP contribution is -2.36. The van der Waals surface area contributed by atoms with Crippen LogP contribution in [0.2, 0.25) is 0 Å². The number of aromatic nitrogens is 5. The number of H-pyrrole nitrogens is 1. The van der Waals surface area contributed by atoms with Gasteiger partial charge in [-0.05, 0) is 84.6 Å². The van der Waals surface area contributed by atoms with Crippen molar-refractivity contribution in [2.24, 2.45) is 0 Å². The zero-order chi connectivity index (χ0) is 22.8. The average Bonchev–Trinajstić information content (AvgIpc) is 3.08. The van der Waals surface area contributed by atoms with Gasteiger partial charge in [0.2, 0.25) is 0 Å². The molecule has 1 N–H and O–H groups in total. The molecule has 170 valence electrons. The molecule has 0 aliphatic carbocycles. The van der Waals surface area contributed by atoms with Gasteiger partial charge in [0.1, 0.15) is 11.9 Å². The lowest BCUT2D eigenvalue weighted by atomic mass is 10.0. The van der Waals surface area contributed by atoms with Crippen LogP contribution in [0, 0.1) is 12.7 Å². The fourth-order valence-electron chi connectivity index (χ4n) is 4.68. The number of aryl methyl sites for hydroxylation is 1. The van der Waals surface area contributed by atoms with Crippen LogP contribution in [0.25, 0.3) is 10.9 Å². The van der Waals surface area contributed by atoms with E-state index in [0.717, 1.165) is 48.0 Å². The lowest BCUT2D eigenvalue weighted by Gasteiger charge is -2.29. The van der Waals surface area contributed by atoms with Crippen molar-refractivity contribution >= 4 is 10.9 Å². The molecule has 8 heteroatoms. The molecule has 3 heterocycles. The number of nitrogens with zero attached hydrogens (tertiary/aromatic N) is 5. The number of rotatable bonds is 5. The molecule has 1 fully saturated rings. The number of tetrazole rings is 1. The van der Waals surface area contributed by atoms with Crippen molar-refractivity contribution in [2.75, 3.05) is 13.1 Å². The van der Waals surface area contributed by atoms with E-state index in [-0.39, 0.29) is 17.4 Å². The van der Waals surface area contributed by atoms with Gasteiger partial charge in [-0.1, -0.05) is 36.6 Å². The highest BCUT2D eigenvalue weighted by atomic mass is 19.1. The van der Waals surface area contributed by atoms with Crippen molar-refractivity contribution in [2.45, 2.75) is 45.2 Å². The van der Waals surface area contributed by atoms with E-state index in [9.17, 15) is 9.18 Å². The summed E-state index contributed by atoms with van der Waals surface area (Å²) in [5.41, 5.74) is 3.35. The van der Waals surface area contributed by atoms with Crippen molar-refractivity contribution in [3.05, 3.63) is 87.2 Å². The quantitative estimate of drug-likeness (QED) is 0.502. The van der Waals surface area contributed by atoms with Crippen LogP contribution in [-0.4, -0.2) is 43.2 Å². The van der Waals surface area contributed by atoms with E-state index in [1.54, 1.807) is 16.8 Å². The molecular formula is C25H27FN6O. The van der Waals surface area contributed by atoms with Crippen LogP contribution in [0.15, 0.2) is 53.3 Å². The molecule has 0 saturated carbocycles. The molecule has 1 atom stereocenters. The maximum Gasteiger partial charge on any atom is 0.253 e. The van der Waals surface area contributed by atoms with Crippen LogP contribution in [0.4, 0.5) is 4.39 Å². The van der Waals surface area contributed by atoms with E-state index < -0.39 is 0 Å². The predicted molar refractivity (Wildman–Crippen MR) is 125 cm³/mol. The third kappa shape index (κ3) is 4.57. The number of likely N-dealkylation sites (tertiary alicyclic amines) is 1. The number of halogens is 1. The number of benzene rings is 2. The van der Waals surface area contributed by atoms with E-state index in [4.69, 9.17) is 0 Å². The standard InChI is InChI=1S/C25H27FN6O/c1-17-6-11-22-19(14-17)15-21(25(33)27-22)23(31-12-4-2-3-5-13-31)24-28-29-30-32(24)16-18-7-9-20(26)10-8-18/h6-11,14-15,23H,2-5,12-13,16H2,1H3,(H,27,33)/t23-/m1/s1. The molecule has 0 unspecified atom stereocenters. The molecule has 0 radical (unpaired) electrons. The number of hydrogen-bond acceptors (Lipinski definition) is 5. The van der Waals surface area contributed by atoms with E-state index >= 15 is 0 Å². The highest BCUT2D eigenvalue weighted by molar-refractivity contribution is 5.79. The first-order valence-electron chi connectivity index (χ1n) is 11.5. The molecule has 1 saturated heterocycles. The lowest BCUT2D eigenvalue weighted by molar-refractivity contribution is 0.220. The number of pyridine rings is 1. The van der Waals surface area contributed by atoms with Crippen molar-refractivity contribution in [3.8, 4) is 0 Å². The first kappa shape index (κ1) is 21.5. The van der Waals surface area contributed by atoms with Crippen LogP contribution in [-0.2, 0) is 6.54 Å². The third-order valence-electron chi connectivity index (χ3n) is 6.38. The molecule has 2 aromatic heterocycles. The Kier molecular flexibility index (Phi) is 6.00. The second-order valence-corrected chi connectivity index (χ2v) is 8.82. The van der Waals surface area contributed by atoms with Gasteiger partial charge in [0.15, 0.2) is 5.82 Å². The van der Waals surface area contributed by atoms with Crippen LogP contribution in [0.1, 0.15) is 54.2 Å². The summed E-state index contributed by atoms with van der Waals surface area (Å²) in [6.07, 6.45) is 4.50. The maximum atomic E-state index is 13.4. The fraction of sp³-hybridized carbons (Fsp3) is 0.360. The van der Waals surface area contributed by atoms with Crippen LogP contribution < -0.4 is 5.56 Å². The Hall–Kier alpha value is -3.39. The van der Waals surface area contributed by atoms with Gasteiger partial charge in [-0.2, -0.15) is 0 Å². The molecule has 1 aliphatic rings. The molecule has 7 nitrogen and oxygen atoms in total. The summed E-state index contributed by atoms with van der Waals surface area (Å²) >= 11 is 0. The van der Waals surface area contributed by atoms with Gasteiger partial charge in [-0.15, -0.1) is 5.10 Å². The van der Waals surface area contributed by atoms with Gasteiger partial charge in [0, 0.05) is 11.1 Å². The summed E-state index contributed by atoms with van der Waals surface area (Å²) in [6, 6.07) is 13.9. The van der Waals surface area contributed by atoms with Crippen molar-refractivity contribution in [1.29, 1.82) is 0 Å². The summed E-state index contributed by atoms with van der Waals surface area (Å²) in [5, 5.41) is 13.6. The SMILES string of the molecule is Cc1ccc2[nH]c(=O)c([C@H](c3nnnn3Cc3ccc(F)cc3)N3CCCCCC3)cc2c1. The van der Waals surface area contributed by atoms with E-state index in [0.29, 0.717) is 17.9 Å². The van der Waals surface area contributed by atoms with Gasteiger partial charge in [0.05, 0.1) is 6.54 Å². The van der Waals surface area contributed by atoms with Crippen molar-refractivity contribution < 1.29 is 4.39 Å². The molecule has 4 aromatic rings. The second kappa shape index (κ2) is 9.23. The van der Waals surface area contributed by atoms with Crippen LogP contribution in [0.3, 0.4) is 0 Å². The molecule has 33 heavy (non-hydrogen) atoms. The molecule has 0 bridgehead atoms. The summed E-state index contributed by atoms with van der Waals surface area (Å²) in [7, 11) is 0. The van der Waals surface area contributed by atoms with Gasteiger partial charge in [-0.25, -0.2) is 9.07 Å². The monoisotopic (exact) mass is 446 g/mol. The van der Waals surface area contributed by atoms with Gasteiger partial charge in [0.25, 0.3) is 5.56 Å². The predicted octanol–water partition coefficient (Wildman–Crippen LogP) is 3.98. The van der Waals surface area contributed by atoms with Crippen molar-refractivity contribution in [3.63, 3.8) is 0 Å². The summed E-state index contributed by atoms with van der Waals surface area (Å²) in [5.74, 6) is 0.342. The van der Waals surface area contributed by atoms with E-state index in [2.05, 4.69) is 31.5 Å². The van der Waals surface area contributed by atoms with Gasteiger partial charge in [-0.3, -0.25) is 9.69 Å². The topological polar surface area (TPSA) is 79.7 Å². The van der Waals surface area contributed by atoms with Gasteiger partial charge >= 0.3 is 0 Å². The Bertz CT molecular complexity index is 1300. The fourth-order valence-corrected chi connectivity index (χ4v) is 4.68. The first-order chi connectivity index (χ1) is 16.1. The number of hydrogen-bond donors (Lipinski definition) is 1. The maximum absolute atomic E-state index is 13.4. The Morgan fingerprint density at radius 1 is 1.03 bits per heavy atom. The zero-order valence-corrected chi connectivity index (χ0v) is 18.7. The smallest absolute Gasteiger partial charge is 0.253 e. The Morgan fingerprint density at radius 3 is 2.55 bits per heavy atom. The molecule has 2 aromatic carbocycles. The van der Waals surface area contributed by atoms with Crippen LogP contribution in [0.5, 0.6) is 0 Å². The Balaban J connectivity index is 1.61. The largest absolute Gasteiger partial charge is 0.322 e. The number of fused-ring (bicyclic) bond motifs is 1. The third-order valence-corrected chi connectivity index (χ3v) is 6.38. The zero-order valence-electron chi connectivity index (χ0n) is 18.7. The molecule has 5 rings (SSSR count). The minimum absolute atomic E-state index is 0.128. The minimum atomic E-state index is -0.368. The summed E-state index contributed by atoms with van der Waals surface area (Å²) < 4.78 is 15.1. The average molecular weight is 447 g/mol. The van der Waals surface area contributed by atoms with E-state index in [1.807, 2.05) is 25.1 Å². The molecule has 0 spiro atoms. The highest BCUT2D eigenvalue weighted by Crippen LogP contribution is 2.29. The number of aromatic amines is 1. The van der Waals surface area contributed by atoms with E-state index in [1.165, 1.54) is 25.0 Å². The molecular weight excluding hydrogens is 419 g/mol. The first-order valence-corrected chi connectivity index (χ1v) is 11.5. The number of nitrogens with one attached hydrogen (secondary N) is 1. The Labute approximate surface area is 191 Å². The molecule has 1 aliphatic heterocycles. The summed E-state index contributed by atoms with van der Waals surface area (Å²) in [6.45, 7) is 4.19. The van der Waals surface area contributed by atoms with Gasteiger partial charge < -0.3 is 4.98 Å². The normalized spacial score (nSPS) is 16.1. The summed E-state index contributed by atoms with van der Waals surface area (Å²) in [4.78, 5) is 18.7.